The summed E-state index contributed by atoms with van der Waals surface area (Å²) in [5.41, 5.74) is 0.561. The molecule has 0 bridgehead atoms. The molecule has 0 N–H and O–H groups in total. The molecule has 5 nitrogen and oxygen atoms in total. The van der Waals surface area contributed by atoms with Gasteiger partial charge in [-0.3, -0.25) is 9.63 Å². The minimum atomic E-state index is -0.606. The van der Waals surface area contributed by atoms with E-state index in [-0.39, 0.29) is 5.91 Å². The molecular formula is C14H16N2O3. The van der Waals surface area contributed by atoms with Gasteiger partial charge in [-0.15, -0.1) is 0 Å². The molecule has 1 aliphatic rings. The Balaban J connectivity index is 1.93. The zero-order valence-corrected chi connectivity index (χ0v) is 10.8. The second-order valence-electron chi connectivity index (χ2n) is 4.38. The number of amides is 1. The van der Waals surface area contributed by atoms with E-state index >= 15 is 0 Å². The van der Waals surface area contributed by atoms with Gasteiger partial charge in [0.2, 0.25) is 0 Å². The minimum Gasteiger partial charge on any atom is -0.481 e. The summed E-state index contributed by atoms with van der Waals surface area (Å²) in [5, 5.41) is 10.1. The first-order valence-corrected chi connectivity index (χ1v) is 6.32. The predicted octanol–water partition coefficient (Wildman–Crippen LogP) is 1.88. The fourth-order valence-corrected chi connectivity index (χ4v) is 1.84. The van der Waals surface area contributed by atoms with Crippen molar-refractivity contribution in [2.24, 2.45) is 0 Å². The van der Waals surface area contributed by atoms with Crippen LogP contribution in [-0.2, 0) is 9.63 Å². The molecule has 1 atom stereocenters. The molecule has 0 saturated carbocycles. The Bertz CT molecular complexity index is 472. The van der Waals surface area contributed by atoms with Crippen LogP contribution in [0.25, 0.3) is 0 Å². The number of hydrogen-bond donors (Lipinski definition) is 0. The van der Waals surface area contributed by atoms with Crippen molar-refractivity contribution in [2.75, 3.05) is 13.2 Å². The van der Waals surface area contributed by atoms with Crippen LogP contribution in [0.3, 0.4) is 0 Å². The number of hydrogen-bond acceptors (Lipinski definition) is 4. The fraction of sp³-hybridized carbons (Fsp3) is 0.429. The molecule has 1 saturated heterocycles. The summed E-state index contributed by atoms with van der Waals surface area (Å²) in [5.74, 6) is 0.390. The van der Waals surface area contributed by atoms with E-state index in [1.807, 2.05) is 6.07 Å². The van der Waals surface area contributed by atoms with Gasteiger partial charge in [0.15, 0.2) is 6.10 Å². The number of nitrogens with zero attached hydrogens (tertiary/aromatic N) is 2. The standard InChI is InChI=1S/C14H16N2O3/c1-11(14(17)16-8-2-3-9-18-16)19-13-6-4-12(10-15)5-7-13/h4-7,11H,2-3,8-9H2,1H3. The quantitative estimate of drug-likeness (QED) is 0.832. The topological polar surface area (TPSA) is 62.6 Å². The van der Waals surface area contributed by atoms with Crippen molar-refractivity contribution < 1.29 is 14.4 Å². The van der Waals surface area contributed by atoms with Gasteiger partial charge in [-0.1, -0.05) is 0 Å². The van der Waals surface area contributed by atoms with E-state index in [9.17, 15) is 4.79 Å². The van der Waals surface area contributed by atoms with E-state index < -0.39 is 6.10 Å². The van der Waals surface area contributed by atoms with E-state index in [1.54, 1.807) is 31.2 Å². The molecule has 1 aromatic rings. The number of hydroxylamine groups is 2. The molecular weight excluding hydrogens is 244 g/mol. The van der Waals surface area contributed by atoms with Crippen molar-refractivity contribution >= 4 is 5.91 Å². The molecule has 0 aromatic heterocycles. The molecule has 1 unspecified atom stereocenters. The summed E-state index contributed by atoms with van der Waals surface area (Å²) >= 11 is 0. The molecule has 1 amide bonds. The second-order valence-corrected chi connectivity index (χ2v) is 4.38. The molecule has 1 heterocycles. The lowest BCUT2D eigenvalue weighted by Gasteiger charge is -2.28. The highest BCUT2D eigenvalue weighted by Crippen LogP contribution is 2.15. The van der Waals surface area contributed by atoms with Gasteiger partial charge in [0.1, 0.15) is 5.75 Å². The number of rotatable bonds is 3. The summed E-state index contributed by atoms with van der Waals surface area (Å²) in [6.07, 6.45) is 1.33. The van der Waals surface area contributed by atoms with Gasteiger partial charge < -0.3 is 4.74 Å². The van der Waals surface area contributed by atoms with Gasteiger partial charge in [-0.2, -0.15) is 5.26 Å². The van der Waals surface area contributed by atoms with Gasteiger partial charge in [0, 0.05) is 6.54 Å². The first-order chi connectivity index (χ1) is 9.20. The molecule has 19 heavy (non-hydrogen) atoms. The zero-order chi connectivity index (χ0) is 13.7. The van der Waals surface area contributed by atoms with E-state index in [2.05, 4.69) is 0 Å². The van der Waals surface area contributed by atoms with Crippen LogP contribution < -0.4 is 4.74 Å². The Hall–Kier alpha value is -2.06. The smallest absolute Gasteiger partial charge is 0.286 e. The third kappa shape index (κ3) is 3.46. The largest absolute Gasteiger partial charge is 0.481 e. The Morgan fingerprint density at radius 2 is 2.16 bits per heavy atom. The summed E-state index contributed by atoms with van der Waals surface area (Å²) in [6, 6.07) is 8.70. The summed E-state index contributed by atoms with van der Waals surface area (Å²) in [4.78, 5) is 17.3. The molecule has 0 aliphatic carbocycles. The van der Waals surface area contributed by atoms with E-state index in [0.717, 1.165) is 12.8 Å². The van der Waals surface area contributed by atoms with E-state index in [0.29, 0.717) is 24.5 Å². The SMILES string of the molecule is CC(Oc1ccc(C#N)cc1)C(=O)N1CCCCO1. The number of benzene rings is 1. The molecule has 2 rings (SSSR count). The molecule has 0 radical (unpaired) electrons. The molecule has 1 fully saturated rings. The van der Waals surface area contributed by atoms with E-state index in [1.165, 1.54) is 5.06 Å². The predicted molar refractivity (Wildman–Crippen MR) is 68.1 cm³/mol. The highest BCUT2D eigenvalue weighted by Gasteiger charge is 2.24. The van der Waals surface area contributed by atoms with Crippen molar-refractivity contribution in [1.29, 1.82) is 5.26 Å². The number of nitriles is 1. The van der Waals surface area contributed by atoms with Crippen LogP contribution in [0.2, 0.25) is 0 Å². The summed E-state index contributed by atoms with van der Waals surface area (Å²) < 4.78 is 5.55. The normalized spacial score (nSPS) is 16.5. The molecule has 1 aromatic carbocycles. The Kier molecular flexibility index (Phi) is 4.37. The maximum absolute atomic E-state index is 12.0. The van der Waals surface area contributed by atoms with Crippen LogP contribution in [0.4, 0.5) is 0 Å². The number of ether oxygens (including phenoxy) is 1. The highest BCUT2D eigenvalue weighted by molar-refractivity contribution is 5.80. The monoisotopic (exact) mass is 260 g/mol. The van der Waals surface area contributed by atoms with Crippen LogP contribution in [0.5, 0.6) is 5.75 Å². The van der Waals surface area contributed by atoms with Crippen LogP contribution >= 0.6 is 0 Å². The maximum atomic E-state index is 12.0. The molecule has 5 heteroatoms. The lowest BCUT2D eigenvalue weighted by Crippen LogP contribution is -2.43. The zero-order valence-electron chi connectivity index (χ0n) is 10.8. The van der Waals surface area contributed by atoms with Crippen molar-refractivity contribution in [1.82, 2.24) is 5.06 Å². The van der Waals surface area contributed by atoms with Crippen molar-refractivity contribution in [3.05, 3.63) is 29.8 Å². The molecule has 0 spiro atoms. The second kappa shape index (κ2) is 6.21. The summed E-state index contributed by atoms with van der Waals surface area (Å²) in [6.45, 7) is 2.88. The Labute approximate surface area is 112 Å². The third-order valence-corrected chi connectivity index (χ3v) is 2.89. The lowest BCUT2D eigenvalue weighted by atomic mass is 10.2. The third-order valence-electron chi connectivity index (χ3n) is 2.89. The van der Waals surface area contributed by atoms with Crippen LogP contribution in [0, 0.1) is 11.3 Å². The van der Waals surface area contributed by atoms with Crippen molar-refractivity contribution in [3.63, 3.8) is 0 Å². The van der Waals surface area contributed by atoms with Gasteiger partial charge in [0.05, 0.1) is 18.2 Å². The van der Waals surface area contributed by atoms with Crippen LogP contribution in [-0.4, -0.2) is 30.2 Å². The number of carbonyl (C=O) groups is 1. The first kappa shape index (κ1) is 13.4. The van der Waals surface area contributed by atoms with Crippen LogP contribution in [0.1, 0.15) is 25.3 Å². The van der Waals surface area contributed by atoms with Crippen molar-refractivity contribution in [2.45, 2.75) is 25.9 Å². The van der Waals surface area contributed by atoms with Crippen LogP contribution in [0.15, 0.2) is 24.3 Å². The highest BCUT2D eigenvalue weighted by atomic mass is 16.7. The Morgan fingerprint density at radius 1 is 1.42 bits per heavy atom. The van der Waals surface area contributed by atoms with Gasteiger partial charge in [-0.25, -0.2) is 5.06 Å². The van der Waals surface area contributed by atoms with Gasteiger partial charge >= 0.3 is 0 Å². The molecule has 100 valence electrons. The Morgan fingerprint density at radius 3 is 2.74 bits per heavy atom. The first-order valence-electron chi connectivity index (χ1n) is 6.32. The fourth-order valence-electron chi connectivity index (χ4n) is 1.84. The van der Waals surface area contributed by atoms with E-state index in [4.69, 9.17) is 14.8 Å². The number of carbonyl (C=O) groups excluding carboxylic acids is 1. The minimum absolute atomic E-state index is 0.177. The maximum Gasteiger partial charge on any atom is 0.286 e. The van der Waals surface area contributed by atoms with Gasteiger partial charge in [-0.05, 0) is 44.0 Å². The average molecular weight is 260 g/mol. The van der Waals surface area contributed by atoms with Gasteiger partial charge in [0.25, 0.3) is 5.91 Å². The average Bonchev–Trinajstić information content (AvgIpc) is 2.48. The lowest BCUT2D eigenvalue weighted by molar-refractivity contribution is -0.202. The molecule has 1 aliphatic heterocycles. The summed E-state index contributed by atoms with van der Waals surface area (Å²) in [7, 11) is 0. The van der Waals surface area contributed by atoms with Crippen molar-refractivity contribution in [3.8, 4) is 11.8 Å².